The van der Waals surface area contributed by atoms with Gasteiger partial charge in [-0.1, -0.05) is 19.9 Å². The van der Waals surface area contributed by atoms with Crippen molar-refractivity contribution in [2.24, 2.45) is 0 Å². The summed E-state index contributed by atoms with van der Waals surface area (Å²) in [6.45, 7) is 11.7. The van der Waals surface area contributed by atoms with Gasteiger partial charge in [0.15, 0.2) is 0 Å². The van der Waals surface area contributed by atoms with Crippen LogP contribution < -0.4 is 0 Å². The van der Waals surface area contributed by atoms with Crippen LogP contribution in [0.25, 0.3) is 0 Å². The molecular weight excluding hydrogens is 122 g/mol. The summed E-state index contributed by atoms with van der Waals surface area (Å²) in [5.41, 5.74) is 0.323. The second kappa shape index (κ2) is 2.39. The van der Waals surface area contributed by atoms with E-state index in [4.69, 9.17) is 0 Å². The summed E-state index contributed by atoms with van der Waals surface area (Å²) in [6, 6.07) is 0.759. The average molecular weight is 139 g/mol. The van der Waals surface area contributed by atoms with Crippen molar-refractivity contribution < 1.29 is 0 Å². The molecule has 0 aromatic rings. The molecule has 1 nitrogen and oxygen atoms in total. The van der Waals surface area contributed by atoms with E-state index in [9.17, 15) is 0 Å². The summed E-state index contributed by atoms with van der Waals surface area (Å²) >= 11 is 0. The summed E-state index contributed by atoms with van der Waals surface area (Å²) in [7, 11) is 0. The second-order valence-corrected chi connectivity index (χ2v) is 3.14. The first-order chi connectivity index (χ1) is 4.70. The minimum Gasteiger partial charge on any atom is -0.288 e. The lowest BCUT2D eigenvalue weighted by Crippen LogP contribution is -2.09. The Morgan fingerprint density at radius 2 is 2.20 bits per heavy atom. The summed E-state index contributed by atoms with van der Waals surface area (Å²) in [6.07, 6.45) is 3.32. The first-order valence-corrected chi connectivity index (χ1v) is 4.11. The molecule has 0 N–H and O–H groups in total. The molecule has 0 saturated carbocycles. The van der Waals surface area contributed by atoms with Crippen molar-refractivity contribution in [3.63, 3.8) is 0 Å². The normalized spacial score (nSPS) is 45.1. The van der Waals surface area contributed by atoms with Crippen molar-refractivity contribution >= 4 is 0 Å². The SMILES string of the molecule is C=CC1(C)C(CC)N1CC. The number of hydrogen-bond donors (Lipinski definition) is 0. The van der Waals surface area contributed by atoms with Gasteiger partial charge < -0.3 is 0 Å². The average Bonchev–Trinajstić information content (AvgIpc) is 2.56. The lowest BCUT2D eigenvalue weighted by atomic mass is 10.1. The van der Waals surface area contributed by atoms with Crippen LogP contribution in [0.15, 0.2) is 12.7 Å². The van der Waals surface area contributed by atoms with Crippen molar-refractivity contribution in [3.8, 4) is 0 Å². The smallest absolute Gasteiger partial charge is 0.0519 e. The van der Waals surface area contributed by atoms with Gasteiger partial charge >= 0.3 is 0 Å². The second-order valence-electron chi connectivity index (χ2n) is 3.14. The Kier molecular flexibility index (Phi) is 1.86. The molecule has 1 heteroatoms. The van der Waals surface area contributed by atoms with Gasteiger partial charge in [0.25, 0.3) is 0 Å². The van der Waals surface area contributed by atoms with Gasteiger partial charge in [0.2, 0.25) is 0 Å². The van der Waals surface area contributed by atoms with Crippen LogP contribution in [0.3, 0.4) is 0 Å². The Morgan fingerprint density at radius 1 is 1.60 bits per heavy atom. The Balaban J connectivity index is 2.58. The maximum atomic E-state index is 3.85. The van der Waals surface area contributed by atoms with E-state index in [2.05, 4.69) is 38.3 Å². The number of nitrogens with zero attached hydrogens (tertiary/aromatic N) is 1. The van der Waals surface area contributed by atoms with Crippen LogP contribution in [0.2, 0.25) is 0 Å². The zero-order chi connectivity index (χ0) is 7.78. The monoisotopic (exact) mass is 139 g/mol. The predicted octanol–water partition coefficient (Wildman–Crippen LogP) is 2.05. The van der Waals surface area contributed by atoms with E-state index in [1.807, 2.05) is 0 Å². The van der Waals surface area contributed by atoms with Gasteiger partial charge in [-0.05, 0) is 19.9 Å². The van der Waals surface area contributed by atoms with Gasteiger partial charge in [-0.15, -0.1) is 6.58 Å². The Hall–Kier alpha value is -0.300. The van der Waals surface area contributed by atoms with Crippen molar-refractivity contribution in [2.45, 2.75) is 38.8 Å². The molecule has 0 aromatic carbocycles. The van der Waals surface area contributed by atoms with E-state index < -0.39 is 0 Å². The van der Waals surface area contributed by atoms with E-state index in [1.165, 1.54) is 6.42 Å². The molecule has 0 amide bonds. The number of likely N-dealkylation sites (N-methyl/N-ethyl adjacent to an activating group) is 1. The fourth-order valence-electron chi connectivity index (χ4n) is 2.00. The minimum atomic E-state index is 0.323. The van der Waals surface area contributed by atoms with Crippen LogP contribution in [-0.2, 0) is 0 Å². The quantitative estimate of drug-likeness (QED) is 0.427. The van der Waals surface area contributed by atoms with Crippen LogP contribution in [0, 0.1) is 0 Å². The van der Waals surface area contributed by atoms with Crippen LogP contribution in [0.1, 0.15) is 27.2 Å². The Morgan fingerprint density at radius 3 is 2.30 bits per heavy atom. The first kappa shape index (κ1) is 7.80. The molecule has 1 aliphatic heterocycles. The predicted molar refractivity (Wildman–Crippen MR) is 45.1 cm³/mol. The van der Waals surface area contributed by atoms with Crippen LogP contribution in [0.5, 0.6) is 0 Å². The highest BCUT2D eigenvalue weighted by molar-refractivity contribution is 5.22. The van der Waals surface area contributed by atoms with E-state index >= 15 is 0 Å². The van der Waals surface area contributed by atoms with Gasteiger partial charge in [0, 0.05) is 6.04 Å². The fourth-order valence-corrected chi connectivity index (χ4v) is 2.00. The molecule has 0 aliphatic carbocycles. The molecule has 0 bridgehead atoms. The van der Waals surface area contributed by atoms with Gasteiger partial charge in [-0.3, -0.25) is 4.90 Å². The largest absolute Gasteiger partial charge is 0.288 e. The summed E-state index contributed by atoms with van der Waals surface area (Å²) < 4.78 is 0. The molecule has 1 heterocycles. The van der Waals surface area contributed by atoms with Crippen LogP contribution in [0.4, 0.5) is 0 Å². The Labute approximate surface area is 63.7 Å². The number of rotatable bonds is 3. The van der Waals surface area contributed by atoms with Crippen LogP contribution >= 0.6 is 0 Å². The molecule has 0 spiro atoms. The van der Waals surface area contributed by atoms with Crippen molar-refractivity contribution in [1.29, 1.82) is 0 Å². The van der Waals surface area contributed by atoms with Crippen molar-refractivity contribution in [3.05, 3.63) is 12.7 Å². The molecule has 1 rings (SSSR count). The van der Waals surface area contributed by atoms with Gasteiger partial charge in [0.05, 0.1) is 5.54 Å². The Bertz CT molecular complexity index is 130. The van der Waals surface area contributed by atoms with E-state index in [1.54, 1.807) is 0 Å². The third kappa shape index (κ3) is 0.807. The standard InChI is InChI=1S/C9H17N/c1-5-8-9(4,6-2)10(8)7-3/h6,8H,2,5,7H2,1,3-4H3. The third-order valence-electron chi connectivity index (χ3n) is 2.74. The third-order valence-corrected chi connectivity index (χ3v) is 2.74. The highest BCUT2D eigenvalue weighted by atomic mass is 15.4. The molecule has 0 aromatic heterocycles. The lowest BCUT2D eigenvalue weighted by molar-refractivity contribution is 0.476. The van der Waals surface area contributed by atoms with Gasteiger partial charge in [-0.2, -0.15) is 0 Å². The summed E-state index contributed by atoms with van der Waals surface area (Å²) in [4.78, 5) is 2.47. The summed E-state index contributed by atoms with van der Waals surface area (Å²) in [5, 5.41) is 0. The fraction of sp³-hybridized carbons (Fsp3) is 0.778. The van der Waals surface area contributed by atoms with Crippen molar-refractivity contribution in [2.75, 3.05) is 6.54 Å². The highest BCUT2D eigenvalue weighted by Crippen LogP contribution is 2.42. The molecule has 3 atom stereocenters. The lowest BCUT2D eigenvalue weighted by Gasteiger charge is -2.01. The van der Waals surface area contributed by atoms with Gasteiger partial charge in [0.1, 0.15) is 0 Å². The van der Waals surface area contributed by atoms with E-state index in [0.29, 0.717) is 5.54 Å². The van der Waals surface area contributed by atoms with Crippen molar-refractivity contribution in [1.82, 2.24) is 4.90 Å². The molecule has 0 radical (unpaired) electrons. The molecule has 1 fully saturated rings. The minimum absolute atomic E-state index is 0.323. The van der Waals surface area contributed by atoms with E-state index in [0.717, 1.165) is 12.6 Å². The number of hydrogen-bond acceptors (Lipinski definition) is 1. The maximum Gasteiger partial charge on any atom is 0.0519 e. The topological polar surface area (TPSA) is 3.01 Å². The molecule has 3 unspecified atom stereocenters. The molecule has 58 valence electrons. The molecule has 1 saturated heterocycles. The van der Waals surface area contributed by atoms with Crippen LogP contribution in [-0.4, -0.2) is 23.0 Å². The summed E-state index contributed by atoms with van der Waals surface area (Å²) in [5.74, 6) is 0. The maximum absolute atomic E-state index is 3.85. The molecule has 10 heavy (non-hydrogen) atoms. The van der Waals surface area contributed by atoms with Gasteiger partial charge in [-0.25, -0.2) is 0 Å². The van der Waals surface area contributed by atoms with E-state index in [-0.39, 0.29) is 0 Å². The molecular formula is C9H17N. The first-order valence-electron chi connectivity index (χ1n) is 4.11. The zero-order valence-electron chi connectivity index (χ0n) is 7.22. The molecule has 1 aliphatic rings. The highest BCUT2D eigenvalue weighted by Gasteiger charge is 2.54. The zero-order valence-corrected chi connectivity index (χ0v) is 7.22.